The number of ether oxygens (including phenoxy) is 1. The quantitative estimate of drug-likeness (QED) is 0.317. The number of hydrogen-bond donors (Lipinski definition) is 1. The summed E-state index contributed by atoms with van der Waals surface area (Å²) < 4.78 is 5.55. The molecule has 2 aromatic heterocycles. The number of amides is 1. The van der Waals surface area contributed by atoms with Gasteiger partial charge in [-0.1, -0.05) is 13.0 Å². The van der Waals surface area contributed by atoms with Crippen molar-refractivity contribution in [2.45, 2.75) is 20.3 Å². The van der Waals surface area contributed by atoms with E-state index in [1.807, 2.05) is 24.0 Å². The number of nitrogens with zero attached hydrogens (tertiary/aromatic N) is 9. The van der Waals surface area contributed by atoms with E-state index in [2.05, 4.69) is 43.3 Å². The average Bonchev–Trinajstić information content (AvgIpc) is 3.42. The fourth-order valence-corrected chi connectivity index (χ4v) is 5.16. The number of carbonyl (C=O) groups is 1. The maximum atomic E-state index is 13.4. The molecule has 5 rings (SSSR count). The van der Waals surface area contributed by atoms with Crippen LogP contribution in [0.2, 0.25) is 0 Å². The van der Waals surface area contributed by atoms with Crippen LogP contribution in [-0.4, -0.2) is 108 Å². The lowest BCUT2D eigenvalue weighted by Crippen LogP contribution is -2.48. The van der Waals surface area contributed by atoms with Crippen molar-refractivity contribution in [3.05, 3.63) is 41.5 Å². The Morgan fingerprint density at radius 3 is 2.46 bits per heavy atom. The minimum absolute atomic E-state index is 0.101. The number of morpholine rings is 1. The van der Waals surface area contributed by atoms with Crippen molar-refractivity contribution in [1.82, 2.24) is 29.7 Å². The van der Waals surface area contributed by atoms with Crippen LogP contribution in [-0.2, 0) is 16.0 Å². The number of anilines is 3. The highest BCUT2D eigenvalue weighted by Gasteiger charge is 2.31. The first-order chi connectivity index (χ1) is 19.0. The Labute approximate surface area is 228 Å². The lowest BCUT2D eigenvalue weighted by atomic mass is 10.1. The number of hydrogen-bond acceptors (Lipinski definition) is 11. The molecule has 5 heterocycles. The van der Waals surface area contributed by atoms with Crippen molar-refractivity contribution in [3.63, 3.8) is 0 Å². The summed E-state index contributed by atoms with van der Waals surface area (Å²) in [5.74, 6) is 1.54. The van der Waals surface area contributed by atoms with Gasteiger partial charge in [-0.25, -0.2) is 15.0 Å². The molecular weight excluding hydrogens is 496 g/mol. The van der Waals surface area contributed by atoms with Gasteiger partial charge in [0, 0.05) is 75.0 Å². The maximum Gasteiger partial charge on any atom is 0.272 e. The van der Waals surface area contributed by atoms with Crippen molar-refractivity contribution in [2.24, 2.45) is 4.99 Å². The fraction of sp³-hybridized carbons (Fsp3) is 0.481. The van der Waals surface area contributed by atoms with Gasteiger partial charge < -0.3 is 30.1 Å². The summed E-state index contributed by atoms with van der Waals surface area (Å²) in [5.41, 5.74) is 9.49. The average molecular weight is 533 g/mol. The monoisotopic (exact) mass is 532 g/mol. The molecule has 2 saturated heterocycles. The van der Waals surface area contributed by atoms with Crippen molar-refractivity contribution < 1.29 is 9.53 Å². The summed E-state index contributed by atoms with van der Waals surface area (Å²) in [4.78, 5) is 44.3. The number of likely N-dealkylation sites (N-methyl/N-ethyl adjacent to an activating group) is 1. The van der Waals surface area contributed by atoms with Crippen LogP contribution in [0.5, 0.6) is 0 Å². The summed E-state index contributed by atoms with van der Waals surface area (Å²) in [6, 6.07) is 0. The van der Waals surface area contributed by atoms with Crippen molar-refractivity contribution in [2.75, 3.05) is 81.1 Å². The topological polar surface area (TPSA) is 129 Å². The van der Waals surface area contributed by atoms with Crippen LogP contribution < -0.4 is 15.5 Å². The molecule has 0 atom stereocenters. The van der Waals surface area contributed by atoms with Gasteiger partial charge in [0.15, 0.2) is 0 Å². The highest BCUT2D eigenvalue weighted by Crippen LogP contribution is 2.37. The van der Waals surface area contributed by atoms with E-state index in [1.165, 1.54) is 0 Å². The number of piperazine rings is 1. The molecule has 0 saturated carbocycles. The van der Waals surface area contributed by atoms with Crippen LogP contribution in [0.1, 0.15) is 19.4 Å². The molecule has 2 aromatic rings. The number of aliphatic imine (C=N–C) groups is 1. The van der Waals surface area contributed by atoms with Gasteiger partial charge >= 0.3 is 0 Å². The Bertz CT molecular complexity index is 1260. The standard InChI is InChI=1S/C27H36N10O2/c1-4-20(16-22(29-3)25(38)35-10-8-34(5-2)9-11-35)37-7-6-21-23(19-17-30-26(28)31-18-19)32-27(33-24(21)37)36-12-14-39-15-13-36/h4,16-18H,3,5-15H2,1-2H3,(H2,28,30,31)/b20-4+,22-16-. The van der Waals surface area contributed by atoms with Crippen LogP contribution in [0.15, 0.2) is 40.9 Å². The minimum Gasteiger partial charge on any atom is -0.378 e. The van der Waals surface area contributed by atoms with Crippen molar-refractivity contribution in [1.29, 1.82) is 0 Å². The molecule has 206 valence electrons. The zero-order valence-electron chi connectivity index (χ0n) is 22.7. The second-order valence-corrected chi connectivity index (χ2v) is 9.63. The Kier molecular flexibility index (Phi) is 8.13. The molecule has 0 unspecified atom stereocenters. The summed E-state index contributed by atoms with van der Waals surface area (Å²) in [5, 5.41) is 0. The van der Waals surface area contributed by atoms with E-state index in [1.54, 1.807) is 12.4 Å². The fourth-order valence-electron chi connectivity index (χ4n) is 5.16. The third kappa shape index (κ3) is 5.62. The zero-order chi connectivity index (χ0) is 27.4. The summed E-state index contributed by atoms with van der Waals surface area (Å²) in [6.07, 6.45) is 7.92. The molecular formula is C27H36N10O2. The molecule has 3 aliphatic heterocycles. The minimum atomic E-state index is -0.101. The first-order valence-corrected chi connectivity index (χ1v) is 13.5. The lowest BCUT2D eigenvalue weighted by Gasteiger charge is -2.34. The Hall–Kier alpha value is -3.90. The van der Waals surface area contributed by atoms with Crippen LogP contribution in [0.4, 0.5) is 17.7 Å². The van der Waals surface area contributed by atoms with E-state index in [0.717, 1.165) is 54.4 Å². The van der Waals surface area contributed by atoms with Gasteiger partial charge in [-0.05, 0) is 32.7 Å². The van der Waals surface area contributed by atoms with E-state index >= 15 is 0 Å². The summed E-state index contributed by atoms with van der Waals surface area (Å²) in [7, 11) is 0. The molecule has 0 aromatic carbocycles. The molecule has 12 heteroatoms. The summed E-state index contributed by atoms with van der Waals surface area (Å²) >= 11 is 0. The molecule has 12 nitrogen and oxygen atoms in total. The van der Waals surface area contributed by atoms with Gasteiger partial charge in [0.1, 0.15) is 11.5 Å². The van der Waals surface area contributed by atoms with Gasteiger partial charge in [0.05, 0.1) is 18.9 Å². The number of aromatic nitrogens is 4. The van der Waals surface area contributed by atoms with Gasteiger partial charge in [0.2, 0.25) is 11.9 Å². The van der Waals surface area contributed by atoms with E-state index in [4.69, 9.17) is 20.4 Å². The Morgan fingerprint density at radius 2 is 1.82 bits per heavy atom. The number of nitrogens with two attached hydrogens (primary N) is 1. The summed E-state index contributed by atoms with van der Waals surface area (Å²) in [6.45, 7) is 15.2. The maximum absolute atomic E-state index is 13.4. The van der Waals surface area contributed by atoms with E-state index in [0.29, 0.717) is 57.6 Å². The molecule has 0 aliphatic carbocycles. The first-order valence-electron chi connectivity index (χ1n) is 13.5. The highest BCUT2D eigenvalue weighted by atomic mass is 16.5. The zero-order valence-corrected chi connectivity index (χ0v) is 22.7. The highest BCUT2D eigenvalue weighted by molar-refractivity contribution is 5.94. The largest absolute Gasteiger partial charge is 0.378 e. The first kappa shape index (κ1) is 26.7. The molecule has 39 heavy (non-hydrogen) atoms. The van der Waals surface area contributed by atoms with Gasteiger partial charge in [0.25, 0.3) is 5.91 Å². The lowest BCUT2D eigenvalue weighted by molar-refractivity contribution is -0.128. The Morgan fingerprint density at radius 1 is 1.10 bits per heavy atom. The van der Waals surface area contributed by atoms with Gasteiger partial charge in [-0.3, -0.25) is 9.79 Å². The predicted octanol–water partition coefficient (Wildman–Crippen LogP) is 1.37. The van der Waals surface area contributed by atoms with Crippen molar-refractivity contribution >= 4 is 30.3 Å². The van der Waals surface area contributed by atoms with Crippen LogP contribution in [0, 0.1) is 0 Å². The third-order valence-electron chi connectivity index (χ3n) is 7.44. The van der Waals surface area contributed by atoms with Gasteiger partial charge in [-0.2, -0.15) is 4.98 Å². The normalized spacial score (nSPS) is 18.9. The van der Waals surface area contributed by atoms with Crippen LogP contribution >= 0.6 is 0 Å². The smallest absolute Gasteiger partial charge is 0.272 e. The molecule has 0 spiro atoms. The number of allylic oxidation sites excluding steroid dienone is 2. The van der Waals surface area contributed by atoms with Crippen molar-refractivity contribution in [3.8, 4) is 11.3 Å². The number of rotatable bonds is 7. The molecule has 1 amide bonds. The van der Waals surface area contributed by atoms with E-state index in [-0.39, 0.29) is 11.9 Å². The number of nitrogen functional groups attached to an aromatic ring is 1. The number of carbonyl (C=O) groups excluding carboxylic acids is 1. The van der Waals surface area contributed by atoms with E-state index < -0.39 is 0 Å². The third-order valence-corrected chi connectivity index (χ3v) is 7.44. The molecule has 0 bridgehead atoms. The Balaban J connectivity index is 1.49. The van der Waals surface area contributed by atoms with Gasteiger partial charge in [-0.15, -0.1) is 0 Å². The number of fused-ring (bicyclic) bond motifs is 1. The molecule has 0 radical (unpaired) electrons. The second-order valence-electron chi connectivity index (χ2n) is 9.63. The predicted molar refractivity (Wildman–Crippen MR) is 152 cm³/mol. The molecule has 2 fully saturated rings. The van der Waals surface area contributed by atoms with Crippen LogP contribution in [0.3, 0.4) is 0 Å². The van der Waals surface area contributed by atoms with Crippen LogP contribution in [0.25, 0.3) is 11.3 Å². The molecule has 3 aliphatic rings. The second kappa shape index (κ2) is 11.9. The molecule has 2 N–H and O–H groups in total. The SMILES string of the molecule is C=N/C(=C\C(=C/C)N1CCc2c(-c3cnc(N)nc3)nc(N3CCOCC3)nc21)C(=O)N1CCN(CC)CC1. The van der Waals surface area contributed by atoms with E-state index in [9.17, 15) is 4.79 Å².